The molecule has 0 aliphatic carbocycles. The predicted molar refractivity (Wildman–Crippen MR) is 146 cm³/mol. The first-order valence-corrected chi connectivity index (χ1v) is 13.4. The third-order valence-corrected chi connectivity index (χ3v) is 6.76. The van der Waals surface area contributed by atoms with Crippen LogP contribution in [0.25, 0.3) is 11.0 Å². The fourth-order valence-corrected chi connectivity index (χ4v) is 4.62. The summed E-state index contributed by atoms with van der Waals surface area (Å²) < 4.78 is 17.0. The highest BCUT2D eigenvalue weighted by Crippen LogP contribution is 2.25. The average molecular weight is 566 g/mol. The molecule has 1 aromatic carbocycles. The van der Waals surface area contributed by atoms with Gasteiger partial charge in [0.15, 0.2) is 24.2 Å². The van der Waals surface area contributed by atoms with Gasteiger partial charge in [0.2, 0.25) is 5.95 Å². The first-order valence-electron chi connectivity index (χ1n) is 13.4. The van der Waals surface area contributed by atoms with E-state index in [2.05, 4.69) is 35.1 Å². The normalized spacial score (nSPS) is 17.7. The number of nitrogen functional groups attached to an aromatic ring is 1. The van der Waals surface area contributed by atoms with E-state index in [9.17, 15) is 14.4 Å². The standard InChI is InChI=1S/C26H31N9O6/c1-2-39-22(37)16-40-18-5-3-17(4-6-18)34-12-9-33(10-13-34)11-14-35-24-19(15-28-35)23(29-26(27)30-24)31-32-25(38)20-7-8-21(36)41-20/h3-6,15,20H,2,7-14,16H2,1H3,(H2,27,29,30). The zero-order valence-corrected chi connectivity index (χ0v) is 22.6. The molecule has 41 heavy (non-hydrogen) atoms. The minimum atomic E-state index is -0.916. The smallest absolute Gasteiger partial charge is 0.344 e. The minimum absolute atomic E-state index is 0.0149. The molecule has 0 radical (unpaired) electrons. The van der Waals surface area contributed by atoms with E-state index >= 15 is 0 Å². The van der Waals surface area contributed by atoms with Crippen LogP contribution >= 0.6 is 0 Å². The van der Waals surface area contributed by atoms with Crippen LogP contribution < -0.4 is 15.4 Å². The Labute approximate surface area is 235 Å². The predicted octanol–water partition coefficient (Wildman–Crippen LogP) is 1.49. The van der Waals surface area contributed by atoms with Gasteiger partial charge in [-0.1, -0.05) is 0 Å². The van der Waals surface area contributed by atoms with Gasteiger partial charge in [0.05, 0.1) is 24.7 Å². The summed E-state index contributed by atoms with van der Waals surface area (Å²) in [6, 6.07) is 7.67. The van der Waals surface area contributed by atoms with Gasteiger partial charge in [-0.25, -0.2) is 9.48 Å². The number of anilines is 2. The third kappa shape index (κ3) is 6.92. The van der Waals surface area contributed by atoms with Gasteiger partial charge in [0.25, 0.3) is 0 Å². The number of hydrogen-bond donors (Lipinski definition) is 1. The summed E-state index contributed by atoms with van der Waals surface area (Å²) >= 11 is 0. The van der Waals surface area contributed by atoms with Gasteiger partial charge >= 0.3 is 17.8 Å². The molecule has 3 aromatic rings. The zero-order chi connectivity index (χ0) is 28.8. The summed E-state index contributed by atoms with van der Waals surface area (Å²) in [5, 5.41) is 12.6. The molecule has 216 valence electrons. The Hall–Kier alpha value is -4.66. The topological polar surface area (TPSA) is 180 Å². The van der Waals surface area contributed by atoms with Crippen LogP contribution in [0.3, 0.4) is 0 Å². The fourth-order valence-electron chi connectivity index (χ4n) is 4.62. The number of carbonyl (C=O) groups excluding carboxylic acids is 3. The maximum absolute atomic E-state index is 12.2. The number of carbonyl (C=O) groups is 3. The molecule has 2 saturated heterocycles. The number of rotatable bonds is 10. The van der Waals surface area contributed by atoms with Crippen molar-refractivity contribution in [1.29, 1.82) is 0 Å². The van der Waals surface area contributed by atoms with Gasteiger partial charge in [0.1, 0.15) is 5.75 Å². The highest BCUT2D eigenvalue weighted by Gasteiger charge is 2.30. The summed E-state index contributed by atoms with van der Waals surface area (Å²) in [6.45, 7) is 6.73. The van der Waals surface area contributed by atoms with Crippen LogP contribution in [0.5, 0.6) is 5.75 Å². The van der Waals surface area contributed by atoms with Crippen molar-refractivity contribution < 1.29 is 28.6 Å². The number of amides is 1. The van der Waals surface area contributed by atoms with E-state index in [1.165, 1.54) is 0 Å². The van der Waals surface area contributed by atoms with Gasteiger partial charge < -0.3 is 24.8 Å². The van der Waals surface area contributed by atoms with Crippen molar-refractivity contribution in [1.82, 2.24) is 24.6 Å². The highest BCUT2D eigenvalue weighted by atomic mass is 16.6. The SMILES string of the molecule is CCOC(=O)COc1ccc(N2CCN(CCn3ncc4c(N=NC(=O)C5CCC(=O)O5)nc(N)nc43)CC2)cc1. The van der Waals surface area contributed by atoms with Crippen molar-refractivity contribution in [3.63, 3.8) is 0 Å². The number of cyclic esters (lactones) is 1. The lowest BCUT2D eigenvalue weighted by Crippen LogP contribution is -2.47. The number of fused-ring (bicyclic) bond motifs is 1. The Balaban J connectivity index is 1.13. The van der Waals surface area contributed by atoms with E-state index in [1.807, 2.05) is 24.3 Å². The van der Waals surface area contributed by atoms with Crippen molar-refractivity contribution in [3.05, 3.63) is 30.5 Å². The van der Waals surface area contributed by atoms with E-state index in [4.69, 9.17) is 19.9 Å². The van der Waals surface area contributed by atoms with Crippen molar-refractivity contribution in [2.45, 2.75) is 32.4 Å². The molecule has 2 aliphatic rings. The average Bonchev–Trinajstić information content (AvgIpc) is 3.60. The molecule has 1 amide bonds. The molecule has 1 atom stereocenters. The van der Waals surface area contributed by atoms with Crippen LogP contribution in [0.1, 0.15) is 19.8 Å². The second-order valence-corrected chi connectivity index (χ2v) is 9.48. The van der Waals surface area contributed by atoms with Gasteiger partial charge in [-0.2, -0.15) is 15.1 Å². The van der Waals surface area contributed by atoms with Gasteiger partial charge in [0, 0.05) is 51.3 Å². The molecule has 2 N–H and O–H groups in total. The Morgan fingerprint density at radius 2 is 1.90 bits per heavy atom. The number of benzene rings is 1. The van der Waals surface area contributed by atoms with E-state index < -0.39 is 18.0 Å². The summed E-state index contributed by atoms with van der Waals surface area (Å²) in [5.74, 6) is -0.735. The van der Waals surface area contributed by atoms with Crippen LogP contribution in [0.4, 0.5) is 17.5 Å². The summed E-state index contributed by atoms with van der Waals surface area (Å²) in [5.41, 5.74) is 7.48. The molecule has 5 rings (SSSR count). The first-order chi connectivity index (χ1) is 19.9. The number of piperazine rings is 1. The molecule has 0 bridgehead atoms. The largest absolute Gasteiger partial charge is 0.482 e. The lowest BCUT2D eigenvalue weighted by atomic mass is 10.2. The molecule has 1 unspecified atom stereocenters. The number of azo groups is 1. The first kappa shape index (κ1) is 27.9. The maximum Gasteiger partial charge on any atom is 0.344 e. The van der Waals surface area contributed by atoms with Crippen LogP contribution in [0.2, 0.25) is 0 Å². The Kier molecular flexibility index (Phi) is 8.62. The zero-order valence-electron chi connectivity index (χ0n) is 22.6. The van der Waals surface area contributed by atoms with Gasteiger partial charge in [-0.05, 0) is 31.2 Å². The number of aromatic nitrogens is 4. The lowest BCUT2D eigenvalue weighted by Gasteiger charge is -2.36. The van der Waals surface area contributed by atoms with E-state index in [0.717, 1.165) is 38.4 Å². The molecular weight excluding hydrogens is 534 g/mol. The molecule has 2 fully saturated rings. The molecule has 0 spiro atoms. The van der Waals surface area contributed by atoms with Gasteiger partial charge in [-0.15, -0.1) is 10.2 Å². The van der Waals surface area contributed by atoms with Crippen molar-refractivity contribution in [3.8, 4) is 5.75 Å². The second kappa shape index (κ2) is 12.7. The number of ether oxygens (including phenoxy) is 3. The van der Waals surface area contributed by atoms with Crippen LogP contribution in [0.15, 0.2) is 40.7 Å². The Morgan fingerprint density at radius 1 is 1.12 bits per heavy atom. The number of hydrogen-bond acceptors (Lipinski definition) is 13. The quantitative estimate of drug-likeness (QED) is 0.277. The number of esters is 2. The third-order valence-electron chi connectivity index (χ3n) is 6.76. The lowest BCUT2D eigenvalue weighted by molar-refractivity contribution is -0.147. The summed E-state index contributed by atoms with van der Waals surface area (Å²) in [6.07, 6.45) is 1.12. The van der Waals surface area contributed by atoms with Crippen LogP contribution in [-0.2, 0) is 30.4 Å². The van der Waals surface area contributed by atoms with E-state index in [-0.39, 0.29) is 37.2 Å². The number of nitrogens with zero attached hydrogens (tertiary/aromatic N) is 8. The molecule has 15 nitrogen and oxygen atoms in total. The monoisotopic (exact) mass is 565 g/mol. The van der Waals surface area contributed by atoms with Crippen LogP contribution in [0, 0.1) is 0 Å². The molecule has 2 aromatic heterocycles. The second-order valence-electron chi connectivity index (χ2n) is 9.48. The van der Waals surface area contributed by atoms with E-state index in [1.54, 1.807) is 17.8 Å². The number of nitrogens with two attached hydrogens (primary N) is 1. The molecular formula is C26H31N9O6. The van der Waals surface area contributed by atoms with Crippen molar-refractivity contribution in [2.24, 2.45) is 10.2 Å². The van der Waals surface area contributed by atoms with Gasteiger partial charge in [-0.3, -0.25) is 14.5 Å². The van der Waals surface area contributed by atoms with Crippen molar-refractivity contribution >= 4 is 46.3 Å². The molecule has 15 heteroatoms. The fraction of sp³-hybridized carbons (Fsp3) is 0.462. The molecule has 4 heterocycles. The highest BCUT2D eigenvalue weighted by molar-refractivity contribution is 5.88. The Bertz CT molecular complexity index is 1430. The molecule has 0 saturated carbocycles. The van der Waals surface area contributed by atoms with Crippen molar-refractivity contribution in [2.75, 3.05) is 56.6 Å². The summed E-state index contributed by atoms with van der Waals surface area (Å²) in [4.78, 5) is 48.0. The molecule has 2 aliphatic heterocycles. The van der Waals surface area contributed by atoms with Crippen LogP contribution in [-0.4, -0.2) is 94.5 Å². The maximum atomic E-state index is 12.2. The minimum Gasteiger partial charge on any atom is -0.482 e. The van der Waals surface area contributed by atoms with E-state index in [0.29, 0.717) is 29.9 Å². The Morgan fingerprint density at radius 3 is 2.61 bits per heavy atom. The summed E-state index contributed by atoms with van der Waals surface area (Å²) in [7, 11) is 0.